The largest absolute Gasteiger partial charge is 0.472 e. The summed E-state index contributed by atoms with van der Waals surface area (Å²) in [6, 6.07) is 0. The highest BCUT2D eigenvalue weighted by Crippen LogP contribution is 2.47. The zero-order valence-electron chi connectivity index (χ0n) is 17.9. The number of aliphatic hydroxyl groups is 2. The van der Waals surface area contributed by atoms with Gasteiger partial charge >= 0.3 is 7.82 Å². The Bertz CT molecular complexity index is 772. The van der Waals surface area contributed by atoms with Gasteiger partial charge in [-0.3, -0.25) is 14.1 Å². The van der Waals surface area contributed by atoms with Crippen molar-refractivity contribution in [2.75, 3.05) is 0 Å². The van der Waals surface area contributed by atoms with E-state index >= 15 is 0 Å². The Balaban J connectivity index is 2.05. The average Bonchev–Trinajstić information content (AvgIpc) is 2.88. The van der Waals surface area contributed by atoms with E-state index in [-0.39, 0.29) is 11.8 Å². The second kappa shape index (κ2) is 10.3. The molecule has 2 bridgehead atoms. The lowest BCUT2D eigenvalue weighted by atomic mass is 9.78. The quantitative estimate of drug-likeness (QED) is 0.281. The molecule has 3 aliphatic heterocycles. The molecule has 3 rings (SSSR count). The molecule has 6 atom stereocenters. The first kappa shape index (κ1) is 25.3. The minimum Gasteiger partial charge on any atom is -0.387 e. The van der Waals surface area contributed by atoms with Crippen molar-refractivity contribution in [2.45, 2.75) is 94.3 Å². The fraction of sp³-hybridized carbons (Fsp3) is 0.800. The lowest BCUT2D eigenvalue weighted by molar-refractivity contribution is -0.163. The summed E-state index contributed by atoms with van der Waals surface area (Å²) >= 11 is 0. The molecule has 3 saturated heterocycles. The van der Waals surface area contributed by atoms with E-state index in [1.54, 1.807) is 0 Å². The lowest BCUT2D eigenvalue weighted by Crippen LogP contribution is -2.60. The molecular formula is C20H33N2O9P. The summed E-state index contributed by atoms with van der Waals surface area (Å²) in [5, 5.41) is 21.3. The van der Waals surface area contributed by atoms with Crippen LogP contribution in [0.2, 0.25) is 0 Å². The van der Waals surface area contributed by atoms with Gasteiger partial charge in [0.25, 0.3) is 0 Å². The van der Waals surface area contributed by atoms with Crippen molar-refractivity contribution < 1.29 is 43.4 Å². The number of nitrogens with two attached hydrogens (primary N) is 1. The first-order chi connectivity index (χ1) is 15.0. The molecule has 0 saturated carbocycles. The highest BCUT2D eigenvalue weighted by atomic mass is 31.2. The van der Waals surface area contributed by atoms with Gasteiger partial charge in [0.15, 0.2) is 6.29 Å². The van der Waals surface area contributed by atoms with Crippen molar-refractivity contribution in [2.24, 2.45) is 11.7 Å². The Morgan fingerprint density at radius 1 is 1.09 bits per heavy atom. The van der Waals surface area contributed by atoms with Crippen LogP contribution in [-0.2, 0) is 23.4 Å². The van der Waals surface area contributed by atoms with E-state index in [0.717, 1.165) is 31.8 Å². The van der Waals surface area contributed by atoms with Gasteiger partial charge in [-0.2, -0.15) is 0 Å². The fourth-order valence-electron chi connectivity index (χ4n) is 5.28. The maximum Gasteiger partial charge on any atom is 0.472 e. The van der Waals surface area contributed by atoms with Gasteiger partial charge in [-0.15, -0.1) is 0 Å². The van der Waals surface area contributed by atoms with Crippen molar-refractivity contribution in [3.63, 3.8) is 0 Å². The fourth-order valence-corrected chi connectivity index (χ4v) is 5.73. The number of nitrogens with zero attached hydrogens (tertiary/aromatic N) is 1. The molecule has 3 heterocycles. The molecule has 0 aliphatic carbocycles. The minimum atomic E-state index is -5.01. The number of hydrogen-bond donors (Lipinski definition) is 5. The highest BCUT2D eigenvalue weighted by Gasteiger charge is 2.58. The van der Waals surface area contributed by atoms with Gasteiger partial charge in [0.2, 0.25) is 11.8 Å². The van der Waals surface area contributed by atoms with Crippen LogP contribution in [0.5, 0.6) is 0 Å². The van der Waals surface area contributed by atoms with Crippen LogP contribution in [-0.4, -0.2) is 66.9 Å². The van der Waals surface area contributed by atoms with E-state index in [1.165, 1.54) is 11.1 Å². The van der Waals surface area contributed by atoms with Crippen molar-refractivity contribution >= 4 is 19.6 Å². The van der Waals surface area contributed by atoms with Crippen LogP contribution in [0.1, 0.15) is 64.2 Å². The molecule has 6 N–H and O–H groups in total. The Hall–Kier alpha value is -1.33. The number of hydrogen-bond acceptors (Lipinski definition) is 7. The number of carbonyl (C=O) groups excluding carboxylic acids is 2. The predicted molar refractivity (Wildman–Crippen MR) is 111 cm³/mol. The number of rotatable bonds is 5. The molecule has 3 aliphatic rings. The zero-order chi connectivity index (χ0) is 23.5. The van der Waals surface area contributed by atoms with E-state index in [0.29, 0.717) is 38.5 Å². The molecule has 6 unspecified atom stereocenters. The zero-order valence-corrected chi connectivity index (χ0v) is 18.8. The standard InChI is InChI=1S/C20H33N2O9P/c21-14(23)9-12-22-18(26)13-7-4-2-1-3-5-10-20(22,11-6-8-13)17-15(24)16(25)19(30-17)31-32(27,28)29/h9,12-13,15-17,19,24-25H,1-8,10-11H2,(H2,21,23)(H2,27,28,29)/b12-9-. The highest BCUT2D eigenvalue weighted by molar-refractivity contribution is 7.46. The molecule has 0 spiro atoms. The summed E-state index contributed by atoms with van der Waals surface area (Å²) in [6.45, 7) is 0. The monoisotopic (exact) mass is 476 g/mol. The van der Waals surface area contributed by atoms with Crippen LogP contribution in [0.25, 0.3) is 0 Å². The topological polar surface area (TPSA) is 180 Å². The van der Waals surface area contributed by atoms with Gasteiger partial charge in [0, 0.05) is 18.2 Å². The van der Waals surface area contributed by atoms with Crippen LogP contribution in [0.4, 0.5) is 0 Å². The van der Waals surface area contributed by atoms with Gasteiger partial charge in [-0.1, -0.05) is 38.5 Å². The Labute approximate surface area is 186 Å². The van der Waals surface area contributed by atoms with Gasteiger partial charge < -0.3 is 35.4 Å². The lowest BCUT2D eigenvalue weighted by Gasteiger charge is -2.46. The molecule has 32 heavy (non-hydrogen) atoms. The van der Waals surface area contributed by atoms with E-state index in [9.17, 15) is 24.4 Å². The maximum absolute atomic E-state index is 13.6. The number of carbonyl (C=O) groups is 2. The average molecular weight is 476 g/mol. The second-order valence-corrected chi connectivity index (χ2v) is 10.1. The van der Waals surface area contributed by atoms with E-state index < -0.39 is 43.9 Å². The van der Waals surface area contributed by atoms with Crippen molar-refractivity contribution in [1.82, 2.24) is 4.90 Å². The molecule has 0 aromatic rings. The SMILES string of the molecule is NC(=O)/C=C\N1C(=O)C2CCCCCCCC1(C1OC(OP(=O)(O)O)C(O)C1O)CCC2. The van der Waals surface area contributed by atoms with Gasteiger partial charge in [0.05, 0.1) is 5.54 Å². The molecule has 182 valence electrons. The van der Waals surface area contributed by atoms with Gasteiger partial charge in [0.1, 0.15) is 18.3 Å². The summed E-state index contributed by atoms with van der Waals surface area (Å²) in [7, 11) is -5.01. The number of primary amides is 1. The first-order valence-electron chi connectivity index (χ1n) is 11.1. The molecular weight excluding hydrogens is 443 g/mol. The number of phosphoric acid groups is 1. The maximum atomic E-state index is 13.6. The first-order valence-corrected chi connectivity index (χ1v) is 12.6. The normalized spacial score (nSPS) is 37.4. The summed E-state index contributed by atoms with van der Waals surface area (Å²) in [4.78, 5) is 44.8. The van der Waals surface area contributed by atoms with Crippen molar-refractivity contribution in [3.05, 3.63) is 12.3 Å². The molecule has 0 radical (unpaired) electrons. The molecule has 0 aromatic carbocycles. The number of aliphatic hydroxyl groups excluding tert-OH is 2. The minimum absolute atomic E-state index is 0.216. The predicted octanol–water partition coefficient (Wildman–Crippen LogP) is 0.653. The Morgan fingerprint density at radius 2 is 1.72 bits per heavy atom. The number of phosphoric ester groups is 1. The van der Waals surface area contributed by atoms with Crippen LogP contribution < -0.4 is 5.73 Å². The van der Waals surface area contributed by atoms with E-state index in [2.05, 4.69) is 4.52 Å². The smallest absolute Gasteiger partial charge is 0.387 e. The third-order valence-electron chi connectivity index (χ3n) is 6.77. The number of fused-ring (bicyclic) bond motifs is 3. The van der Waals surface area contributed by atoms with Crippen LogP contribution in [0.15, 0.2) is 12.3 Å². The van der Waals surface area contributed by atoms with Crippen molar-refractivity contribution in [1.29, 1.82) is 0 Å². The summed E-state index contributed by atoms with van der Waals surface area (Å²) in [6.07, 6.45) is 3.47. The summed E-state index contributed by atoms with van der Waals surface area (Å²) in [5.41, 5.74) is 4.15. The second-order valence-electron chi connectivity index (χ2n) is 8.93. The van der Waals surface area contributed by atoms with Crippen LogP contribution in [0.3, 0.4) is 0 Å². The summed E-state index contributed by atoms with van der Waals surface area (Å²) in [5.74, 6) is -1.22. The Kier molecular flexibility index (Phi) is 8.14. The van der Waals surface area contributed by atoms with E-state index in [1.807, 2.05) is 0 Å². The molecule has 2 amide bonds. The third kappa shape index (κ3) is 5.59. The van der Waals surface area contributed by atoms with Crippen LogP contribution >= 0.6 is 7.82 Å². The molecule has 11 nitrogen and oxygen atoms in total. The molecule has 3 fully saturated rings. The third-order valence-corrected chi connectivity index (χ3v) is 7.25. The van der Waals surface area contributed by atoms with Crippen LogP contribution in [0, 0.1) is 5.92 Å². The van der Waals surface area contributed by atoms with E-state index in [4.69, 9.17) is 20.3 Å². The molecule has 0 aromatic heterocycles. The van der Waals surface area contributed by atoms with Crippen molar-refractivity contribution in [3.8, 4) is 0 Å². The summed E-state index contributed by atoms with van der Waals surface area (Å²) < 4.78 is 21.6. The van der Waals surface area contributed by atoms with Gasteiger partial charge in [-0.05, 0) is 25.7 Å². The van der Waals surface area contributed by atoms with Gasteiger partial charge in [-0.25, -0.2) is 4.57 Å². The number of ether oxygens (including phenoxy) is 1. The Morgan fingerprint density at radius 3 is 2.41 bits per heavy atom. The number of amides is 2. The molecule has 12 heteroatoms.